The van der Waals surface area contributed by atoms with E-state index in [9.17, 15) is 9.59 Å². The van der Waals surface area contributed by atoms with Gasteiger partial charge in [-0.15, -0.1) is 0 Å². The number of furan rings is 1. The van der Waals surface area contributed by atoms with Crippen LogP contribution in [-0.4, -0.2) is 11.6 Å². The average Bonchev–Trinajstić information content (AvgIpc) is 3.31. The number of hydrogen-bond donors (Lipinski definition) is 0. The molecular formula is C25H16BrNO6. The molecule has 6 rings (SSSR count). The Morgan fingerprint density at radius 1 is 0.970 bits per heavy atom. The SMILES string of the molecule is O=c1cc(-c2cc3cc(Br)ccc3oc2=O)c2ccc3c(c2o1)CN(Cc1ccco1)CO3. The third-order valence-corrected chi connectivity index (χ3v) is 6.19. The molecule has 0 aliphatic carbocycles. The van der Waals surface area contributed by atoms with Crippen LogP contribution in [0.3, 0.4) is 0 Å². The maximum absolute atomic E-state index is 12.8. The number of halogens is 1. The van der Waals surface area contributed by atoms with Gasteiger partial charge in [0.15, 0.2) is 0 Å². The summed E-state index contributed by atoms with van der Waals surface area (Å²) in [7, 11) is 0. The largest absolute Gasteiger partial charge is 0.478 e. The molecule has 2 aromatic carbocycles. The van der Waals surface area contributed by atoms with Crippen molar-refractivity contribution in [2.45, 2.75) is 13.1 Å². The van der Waals surface area contributed by atoms with Crippen LogP contribution < -0.4 is 16.0 Å². The van der Waals surface area contributed by atoms with Gasteiger partial charge in [0.25, 0.3) is 0 Å². The molecule has 4 heterocycles. The van der Waals surface area contributed by atoms with Crippen molar-refractivity contribution in [3.8, 4) is 16.9 Å². The normalized spacial score (nSPS) is 13.8. The Kier molecular flexibility index (Phi) is 4.70. The highest BCUT2D eigenvalue weighted by molar-refractivity contribution is 9.10. The van der Waals surface area contributed by atoms with E-state index in [1.165, 1.54) is 6.07 Å². The molecule has 33 heavy (non-hydrogen) atoms. The van der Waals surface area contributed by atoms with Crippen molar-refractivity contribution < 1.29 is 18.0 Å². The third kappa shape index (κ3) is 3.57. The molecule has 7 nitrogen and oxygen atoms in total. The lowest BCUT2D eigenvalue weighted by molar-refractivity contribution is 0.0826. The molecule has 0 bridgehead atoms. The van der Waals surface area contributed by atoms with Crippen LogP contribution >= 0.6 is 15.9 Å². The molecule has 164 valence electrons. The fourth-order valence-electron chi connectivity index (χ4n) is 4.21. The van der Waals surface area contributed by atoms with Gasteiger partial charge in [-0.1, -0.05) is 15.9 Å². The van der Waals surface area contributed by atoms with E-state index in [1.54, 1.807) is 30.5 Å². The predicted molar refractivity (Wildman–Crippen MR) is 125 cm³/mol. The molecule has 0 spiro atoms. The van der Waals surface area contributed by atoms with Gasteiger partial charge >= 0.3 is 11.3 Å². The van der Waals surface area contributed by atoms with E-state index in [0.717, 1.165) is 21.2 Å². The first-order chi connectivity index (χ1) is 16.0. The van der Waals surface area contributed by atoms with E-state index in [0.29, 0.717) is 53.2 Å². The zero-order valence-corrected chi connectivity index (χ0v) is 18.8. The predicted octanol–water partition coefficient (Wildman–Crippen LogP) is 5.27. The topological polar surface area (TPSA) is 86.0 Å². The summed E-state index contributed by atoms with van der Waals surface area (Å²) in [6, 6.07) is 15.8. The fourth-order valence-corrected chi connectivity index (χ4v) is 4.59. The highest BCUT2D eigenvalue weighted by Gasteiger charge is 2.24. The van der Waals surface area contributed by atoms with Crippen LogP contribution in [0.4, 0.5) is 0 Å². The van der Waals surface area contributed by atoms with Crippen molar-refractivity contribution in [3.63, 3.8) is 0 Å². The minimum Gasteiger partial charge on any atom is -0.478 e. The Balaban J connectivity index is 1.51. The van der Waals surface area contributed by atoms with Gasteiger partial charge in [-0.25, -0.2) is 9.59 Å². The van der Waals surface area contributed by atoms with Crippen LogP contribution in [0.15, 0.2) is 88.2 Å². The van der Waals surface area contributed by atoms with Crippen LogP contribution in [0.1, 0.15) is 11.3 Å². The Hall–Kier alpha value is -3.62. The van der Waals surface area contributed by atoms with Crippen molar-refractivity contribution in [2.75, 3.05) is 6.73 Å². The van der Waals surface area contributed by atoms with Crippen molar-refractivity contribution in [1.82, 2.24) is 4.90 Å². The molecule has 8 heteroatoms. The second kappa shape index (κ2) is 7.75. The number of benzene rings is 2. The number of fused-ring (bicyclic) bond motifs is 4. The first kappa shape index (κ1) is 20.0. The van der Waals surface area contributed by atoms with E-state index in [-0.39, 0.29) is 0 Å². The van der Waals surface area contributed by atoms with Crippen molar-refractivity contribution >= 4 is 37.9 Å². The number of ether oxygens (including phenoxy) is 1. The molecule has 0 fully saturated rings. The van der Waals surface area contributed by atoms with Crippen LogP contribution in [0.25, 0.3) is 33.1 Å². The van der Waals surface area contributed by atoms with Gasteiger partial charge in [0.05, 0.1) is 23.9 Å². The van der Waals surface area contributed by atoms with Gasteiger partial charge in [-0.3, -0.25) is 4.90 Å². The molecule has 1 aliphatic rings. The van der Waals surface area contributed by atoms with E-state index >= 15 is 0 Å². The summed E-state index contributed by atoms with van der Waals surface area (Å²) in [5, 5.41) is 1.38. The lowest BCUT2D eigenvalue weighted by atomic mass is 9.99. The lowest BCUT2D eigenvalue weighted by Gasteiger charge is -2.28. The van der Waals surface area contributed by atoms with Crippen LogP contribution in [0, 0.1) is 0 Å². The molecule has 1 aliphatic heterocycles. The number of hydrogen-bond acceptors (Lipinski definition) is 7. The highest BCUT2D eigenvalue weighted by atomic mass is 79.9. The lowest BCUT2D eigenvalue weighted by Crippen LogP contribution is -2.31. The standard InChI is InChI=1S/C25H16BrNO6/c26-15-3-5-21-14(8-15)9-19(25(29)32-21)18-10-23(28)33-24-17(18)4-6-22-20(24)12-27(13-31-22)11-16-2-1-7-30-16/h1-10H,11-13H2. The van der Waals surface area contributed by atoms with Crippen LogP contribution in [0.5, 0.6) is 5.75 Å². The second-order valence-corrected chi connectivity index (χ2v) is 8.78. The van der Waals surface area contributed by atoms with Gasteiger partial charge in [0.1, 0.15) is 29.4 Å². The summed E-state index contributed by atoms with van der Waals surface area (Å²) in [6.45, 7) is 1.43. The second-order valence-electron chi connectivity index (χ2n) is 7.87. The van der Waals surface area contributed by atoms with Crippen molar-refractivity contribution in [2.24, 2.45) is 0 Å². The summed E-state index contributed by atoms with van der Waals surface area (Å²) >= 11 is 3.44. The molecule has 0 saturated heterocycles. The van der Waals surface area contributed by atoms with E-state index in [1.807, 2.05) is 29.2 Å². The van der Waals surface area contributed by atoms with E-state index in [2.05, 4.69) is 15.9 Å². The van der Waals surface area contributed by atoms with Gasteiger partial charge in [-0.2, -0.15) is 0 Å². The molecule has 0 atom stereocenters. The first-order valence-corrected chi connectivity index (χ1v) is 11.1. The van der Waals surface area contributed by atoms with Crippen molar-refractivity contribution in [3.05, 3.63) is 97.5 Å². The maximum atomic E-state index is 12.8. The summed E-state index contributed by atoms with van der Waals surface area (Å²) in [6.07, 6.45) is 1.63. The molecule has 0 saturated carbocycles. The molecule has 0 unspecified atom stereocenters. The molecule has 3 aromatic heterocycles. The number of nitrogens with zero attached hydrogens (tertiary/aromatic N) is 1. The maximum Gasteiger partial charge on any atom is 0.344 e. The highest BCUT2D eigenvalue weighted by Crippen LogP contribution is 2.36. The molecule has 5 aromatic rings. The molecule has 0 amide bonds. The fraction of sp³-hybridized carbons (Fsp3) is 0.120. The van der Waals surface area contributed by atoms with E-state index < -0.39 is 11.3 Å². The monoisotopic (exact) mass is 505 g/mol. The Morgan fingerprint density at radius 2 is 1.88 bits per heavy atom. The third-order valence-electron chi connectivity index (χ3n) is 5.70. The molecular weight excluding hydrogens is 490 g/mol. The van der Waals surface area contributed by atoms with Gasteiger partial charge in [-0.05, 0) is 48.5 Å². The Labute approximate surface area is 194 Å². The summed E-state index contributed by atoms with van der Waals surface area (Å²) in [5.74, 6) is 1.46. The zero-order valence-electron chi connectivity index (χ0n) is 17.2. The Bertz CT molecular complexity index is 1630. The minimum atomic E-state index is -0.553. The first-order valence-electron chi connectivity index (χ1n) is 10.3. The van der Waals surface area contributed by atoms with Crippen LogP contribution in [0.2, 0.25) is 0 Å². The Morgan fingerprint density at radius 3 is 2.73 bits per heavy atom. The minimum absolute atomic E-state index is 0.294. The number of rotatable bonds is 3. The quantitative estimate of drug-likeness (QED) is 0.308. The van der Waals surface area contributed by atoms with Gasteiger partial charge in [0, 0.05) is 33.4 Å². The zero-order chi connectivity index (χ0) is 22.5. The molecule has 0 N–H and O–H groups in total. The smallest absolute Gasteiger partial charge is 0.344 e. The van der Waals surface area contributed by atoms with Gasteiger partial charge < -0.3 is 18.0 Å². The molecule has 0 radical (unpaired) electrons. The van der Waals surface area contributed by atoms with Crippen LogP contribution in [-0.2, 0) is 13.1 Å². The summed E-state index contributed by atoms with van der Waals surface area (Å²) < 4.78 is 23.4. The van der Waals surface area contributed by atoms with E-state index in [4.69, 9.17) is 18.0 Å². The van der Waals surface area contributed by atoms with Crippen molar-refractivity contribution in [1.29, 1.82) is 0 Å². The summed E-state index contributed by atoms with van der Waals surface area (Å²) in [5.41, 5.74) is 1.29. The average molecular weight is 506 g/mol. The summed E-state index contributed by atoms with van der Waals surface area (Å²) in [4.78, 5) is 27.4. The van der Waals surface area contributed by atoms with Gasteiger partial charge in [0.2, 0.25) is 0 Å².